The highest BCUT2D eigenvalue weighted by Crippen LogP contribution is 2.36. The predicted molar refractivity (Wildman–Crippen MR) is 143 cm³/mol. The highest BCUT2D eigenvalue weighted by molar-refractivity contribution is 5.48. The van der Waals surface area contributed by atoms with Crippen molar-refractivity contribution < 1.29 is 14.2 Å². The fraction of sp³-hybridized carbons (Fsp3) is 0.419. The summed E-state index contributed by atoms with van der Waals surface area (Å²) in [6, 6.07) is 23.2. The average Bonchev–Trinajstić information content (AvgIpc) is 2.91. The van der Waals surface area contributed by atoms with E-state index in [1.807, 2.05) is 18.2 Å². The van der Waals surface area contributed by atoms with E-state index in [2.05, 4.69) is 60.5 Å². The van der Waals surface area contributed by atoms with E-state index in [4.69, 9.17) is 14.2 Å². The molecule has 3 aromatic rings. The molecule has 186 valence electrons. The molecule has 1 atom stereocenters. The number of rotatable bonds is 12. The summed E-state index contributed by atoms with van der Waals surface area (Å²) in [5, 5.41) is 0. The van der Waals surface area contributed by atoms with Crippen molar-refractivity contribution in [3.05, 3.63) is 89.0 Å². The normalized spacial score (nSPS) is 15.0. The zero-order valence-electron chi connectivity index (χ0n) is 21.5. The summed E-state index contributed by atoms with van der Waals surface area (Å²) in [7, 11) is 5.67. The number of hydrogen-bond acceptors (Lipinski definition) is 4. The Labute approximate surface area is 210 Å². The van der Waals surface area contributed by atoms with E-state index >= 15 is 0 Å². The largest absolute Gasteiger partial charge is 0.493 e. The van der Waals surface area contributed by atoms with Crippen molar-refractivity contribution >= 4 is 0 Å². The van der Waals surface area contributed by atoms with Crippen LogP contribution >= 0.6 is 0 Å². The Kier molecular flexibility index (Phi) is 9.08. The summed E-state index contributed by atoms with van der Waals surface area (Å²) in [6.07, 6.45) is 7.15. The molecule has 0 aliphatic heterocycles. The second-order valence-corrected chi connectivity index (χ2v) is 9.70. The van der Waals surface area contributed by atoms with Gasteiger partial charge in [0.15, 0.2) is 11.5 Å². The summed E-state index contributed by atoms with van der Waals surface area (Å²) in [4.78, 5) is 2.46. The fourth-order valence-electron chi connectivity index (χ4n) is 4.98. The molecule has 0 saturated carbocycles. The van der Waals surface area contributed by atoms with Crippen LogP contribution in [0.5, 0.6) is 17.2 Å². The molecule has 1 unspecified atom stereocenters. The van der Waals surface area contributed by atoms with E-state index in [-0.39, 0.29) is 0 Å². The number of methoxy groups -OCH3 is 2. The standard InChI is InChI=1S/C31H39NO3/c1-32(19-17-24-12-15-29(16-13-24)35-23-26-8-5-4-6-9-26)18-7-10-25-11-14-27-21-30(33-2)31(34-3)22-28(27)20-25/h4-6,8-9,12-13,15-16,21-22,25H,7,10-11,14,17-20,23H2,1-3H3. The molecular formula is C31H39NO3. The Morgan fingerprint density at radius 3 is 2.26 bits per heavy atom. The zero-order chi connectivity index (χ0) is 24.5. The van der Waals surface area contributed by atoms with Crippen molar-refractivity contribution in [1.82, 2.24) is 4.90 Å². The third-order valence-electron chi connectivity index (χ3n) is 7.14. The van der Waals surface area contributed by atoms with Gasteiger partial charge in [0.1, 0.15) is 12.4 Å². The van der Waals surface area contributed by atoms with E-state index in [9.17, 15) is 0 Å². The molecule has 1 aliphatic rings. The summed E-state index contributed by atoms with van der Waals surface area (Å²) in [5.41, 5.74) is 5.41. The lowest BCUT2D eigenvalue weighted by atomic mass is 9.81. The maximum absolute atomic E-state index is 5.91. The van der Waals surface area contributed by atoms with Crippen LogP contribution in [0.1, 0.15) is 41.5 Å². The van der Waals surface area contributed by atoms with Crippen LogP contribution in [0.3, 0.4) is 0 Å². The van der Waals surface area contributed by atoms with Gasteiger partial charge in [0.2, 0.25) is 0 Å². The van der Waals surface area contributed by atoms with Crippen molar-refractivity contribution in [2.45, 2.75) is 45.1 Å². The summed E-state index contributed by atoms with van der Waals surface area (Å²) < 4.78 is 16.9. The van der Waals surface area contributed by atoms with E-state index in [0.29, 0.717) is 6.61 Å². The SMILES string of the molecule is COc1cc2c(cc1OC)CC(CCCN(C)CCc1ccc(OCc3ccccc3)cc1)CC2. The van der Waals surface area contributed by atoms with Gasteiger partial charge in [0.05, 0.1) is 14.2 Å². The topological polar surface area (TPSA) is 30.9 Å². The minimum atomic E-state index is 0.608. The molecule has 0 saturated heterocycles. The number of hydrogen-bond donors (Lipinski definition) is 0. The molecule has 0 fully saturated rings. The van der Waals surface area contributed by atoms with Crippen molar-refractivity contribution in [3.63, 3.8) is 0 Å². The highest BCUT2D eigenvalue weighted by Gasteiger charge is 2.21. The molecule has 0 spiro atoms. The number of ether oxygens (including phenoxy) is 3. The van der Waals surface area contributed by atoms with Crippen LogP contribution in [-0.4, -0.2) is 39.3 Å². The molecular weight excluding hydrogens is 434 g/mol. The first-order valence-corrected chi connectivity index (χ1v) is 12.8. The van der Waals surface area contributed by atoms with Gasteiger partial charge in [-0.3, -0.25) is 0 Å². The van der Waals surface area contributed by atoms with E-state index in [1.165, 1.54) is 41.5 Å². The molecule has 3 aromatic carbocycles. The molecule has 0 radical (unpaired) electrons. The summed E-state index contributed by atoms with van der Waals surface area (Å²) in [6.45, 7) is 2.83. The Morgan fingerprint density at radius 1 is 0.829 bits per heavy atom. The molecule has 4 heteroatoms. The quantitative estimate of drug-likeness (QED) is 0.307. The van der Waals surface area contributed by atoms with Gasteiger partial charge in [0, 0.05) is 6.54 Å². The fourth-order valence-corrected chi connectivity index (χ4v) is 4.98. The Bertz CT molecular complexity index is 1050. The van der Waals surface area contributed by atoms with Crippen LogP contribution in [0, 0.1) is 5.92 Å². The van der Waals surface area contributed by atoms with Crippen molar-refractivity contribution in [1.29, 1.82) is 0 Å². The average molecular weight is 474 g/mol. The van der Waals surface area contributed by atoms with Crippen LogP contribution < -0.4 is 14.2 Å². The molecule has 0 heterocycles. The lowest BCUT2D eigenvalue weighted by molar-refractivity contribution is 0.304. The first-order chi connectivity index (χ1) is 17.1. The predicted octanol–water partition coefficient (Wildman–Crippen LogP) is 6.34. The smallest absolute Gasteiger partial charge is 0.161 e. The maximum atomic E-state index is 5.91. The van der Waals surface area contributed by atoms with Crippen molar-refractivity contribution in [2.75, 3.05) is 34.4 Å². The number of likely N-dealkylation sites (N-methyl/N-ethyl adjacent to an activating group) is 1. The molecule has 4 rings (SSSR count). The number of nitrogens with zero attached hydrogens (tertiary/aromatic N) is 1. The zero-order valence-corrected chi connectivity index (χ0v) is 21.5. The second kappa shape index (κ2) is 12.6. The van der Waals surface area contributed by atoms with Gasteiger partial charge in [-0.25, -0.2) is 0 Å². The first kappa shape index (κ1) is 25.1. The van der Waals surface area contributed by atoms with Crippen LogP contribution in [0.2, 0.25) is 0 Å². The Morgan fingerprint density at radius 2 is 1.54 bits per heavy atom. The number of aryl methyl sites for hydroxylation is 1. The lowest BCUT2D eigenvalue weighted by Gasteiger charge is -2.26. The Hall–Kier alpha value is -2.98. The molecule has 0 bridgehead atoms. The van der Waals surface area contributed by atoms with Gasteiger partial charge < -0.3 is 19.1 Å². The van der Waals surface area contributed by atoms with Crippen molar-refractivity contribution in [3.8, 4) is 17.2 Å². The third kappa shape index (κ3) is 7.25. The minimum absolute atomic E-state index is 0.608. The maximum Gasteiger partial charge on any atom is 0.161 e. The van der Waals surface area contributed by atoms with Crippen molar-refractivity contribution in [2.24, 2.45) is 5.92 Å². The number of fused-ring (bicyclic) bond motifs is 1. The molecule has 0 amide bonds. The molecule has 1 aliphatic carbocycles. The monoisotopic (exact) mass is 473 g/mol. The first-order valence-electron chi connectivity index (χ1n) is 12.8. The van der Waals surface area contributed by atoms with Gasteiger partial charge in [0.25, 0.3) is 0 Å². The van der Waals surface area contributed by atoms with Gasteiger partial charge in [-0.15, -0.1) is 0 Å². The van der Waals surface area contributed by atoms with E-state index in [0.717, 1.165) is 55.5 Å². The van der Waals surface area contributed by atoms with E-state index < -0.39 is 0 Å². The van der Waals surface area contributed by atoms with Gasteiger partial charge in [-0.05, 0) is 105 Å². The van der Waals surface area contributed by atoms with E-state index in [1.54, 1.807) is 14.2 Å². The third-order valence-corrected chi connectivity index (χ3v) is 7.14. The van der Waals surface area contributed by atoms with Crippen LogP contribution in [0.25, 0.3) is 0 Å². The summed E-state index contributed by atoms with van der Waals surface area (Å²) >= 11 is 0. The number of benzene rings is 3. The second-order valence-electron chi connectivity index (χ2n) is 9.70. The minimum Gasteiger partial charge on any atom is -0.493 e. The lowest BCUT2D eigenvalue weighted by Crippen LogP contribution is -2.23. The van der Waals surface area contributed by atoms with Gasteiger partial charge in [-0.1, -0.05) is 42.5 Å². The van der Waals surface area contributed by atoms with Gasteiger partial charge >= 0.3 is 0 Å². The molecule has 0 aromatic heterocycles. The summed E-state index contributed by atoms with van der Waals surface area (Å²) in [5.74, 6) is 3.39. The van der Waals surface area contributed by atoms with Crippen LogP contribution in [0.4, 0.5) is 0 Å². The van der Waals surface area contributed by atoms with Gasteiger partial charge in [-0.2, -0.15) is 0 Å². The Balaban J connectivity index is 1.15. The molecule has 0 N–H and O–H groups in total. The molecule has 4 nitrogen and oxygen atoms in total. The van der Waals surface area contributed by atoms with Crippen LogP contribution in [0.15, 0.2) is 66.7 Å². The molecule has 35 heavy (non-hydrogen) atoms. The highest BCUT2D eigenvalue weighted by atomic mass is 16.5. The van der Waals surface area contributed by atoms with Crippen LogP contribution in [-0.2, 0) is 25.9 Å².